The molecular formula is C11H18F2O7S. The molecule has 0 aromatic carbocycles. The normalized spacial score (nSPS) is 12.0. The Morgan fingerprint density at radius 2 is 1.57 bits per heavy atom. The Morgan fingerprint density at radius 3 is 2.00 bits per heavy atom. The van der Waals surface area contributed by atoms with Crippen LogP contribution in [0.25, 0.3) is 0 Å². The van der Waals surface area contributed by atoms with E-state index in [-0.39, 0.29) is 25.7 Å². The first kappa shape index (κ1) is 19.7. The SMILES string of the molecule is CC(F)(F)COC(=O)CCCCC(=O)OCCS(=O)(=O)O. The number of rotatable bonds is 10. The number of halogens is 2. The van der Waals surface area contributed by atoms with Gasteiger partial charge in [0.1, 0.15) is 12.4 Å². The fourth-order valence-electron chi connectivity index (χ4n) is 1.15. The van der Waals surface area contributed by atoms with Gasteiger partial charge in [0.05, 0.1) is 0 Å². The van der Waals surface area contributed by atoms with E-state index in [2.05, 4.69) is 9.47 Å². The molecule has 0 aromatic rings. The Kier molecular flexibility index (Phi) is 8.33. The second-order valence-electron chi connectivity index (χ2n) is 4.44. The van der Waals surface area contributed by atoms with Crippen LogP contribution in [0.15, 0.2) is 0 Å². The molecule has 0 radical (unpaired) electrons. The zero-order valence-corrected chi connectivity index (χ0v) is 12.3. The molecule has 0 saturated carbocycles. The second kappa shape index (κ2) is 8.88. The molecule has 0 bridgehead atoms. The Labute approximate surface area is 121 Å². The lowest BCUT2D eigenvalue weighted by atomic mass is 10.2. The van der Waals surface area contributed by atoms with E-state index in [1.54, 1.807) is 0 Å². The van der Waals surface area contributed by atoms with Crippen molar-refractivity contribution in [2.45, 2.75) is 38.5 Å². The molecule has 0 atom stereocenters. The van der Waals surface area contributed by atoms with E-state index in [1.165, 1.54) is 0 Å². The minimum absolute atomic E-state index is 0.0529. The molecule has 0 aliphatic rings. The first-order valence-corrected chi connectivity index (χ1v) is 7.75. The number of unbranched alkanes of at least 4 members (excludes halogenated alkanes) is 1. The molecule has 0 saturated heterocycles. The molecule has 0 amide bonds. The van der Waals surface area contributed by atoms with Crippen molar-refractivity contribution in [3.05, 3.63) is 0 Å². The fraction of sp³-hybridized carbons (Fsp3) is 0.818. The van der Waals surface area contributed by atoms with Gasteiger partial charge in [0.2, 0.25) is 0 Å². The molecule has 0 spiro atoms. The van der Waals surface area contributed by atoms with Crippen molar-refractivity contribution in [2.24, 2.45) is 0 Å². The third kappa shape index (κ3) is 14.9. The van der Waals surface area contributed by atoms with Crippen LogP contribution in [-0.2, 0) is 29.2 Å². The Bertz CT molecular complexity index is 442. The third-order valence-electron chi connectivity index (χ3n) is 2.10. The van der Waals surface area contributed by atoms with Crippen LogP contribution >= 0.6 is 0 Å². The van der Waals surface area contributed by atoms with Crippen LogP contribution in [0.5, 0.6) is 0 Å². The van der Waals surface area contributed by atoms with Crippen molar-refractivity contribution in [2.75, 3.05) is 19.0 Å². The van der Waals surface area contributed by atoms with Crippen molar-refractivity contribution in [3.63, 3.8) is 0 Å². The molecule has 0 rings (SSSR count). The summed E-state index contributed by atoms with van der Waals surface area (Å²) in [4.78, 5) is 22.2. The van der Waals surface area contributed by atoms with Crippen LogP contribution in [0, 0.1) is 0 Å². The van der Waals surface area contributed by atoms with Crippen molar-refractivity contribution in [1.29, 1.82) is 0 Å². The van der Waals surface area contributed by atoms with Gasteiger partial charge in [-0.05, 0) is 12.8 Å². The van der Waals surface area contributed by atoms with E-state index in [0.717, 1.165) is 0 Å². The number of alkyl halides is 2. The lowest BCUT2D eigenvalue weighted by molar-refractivity contribution is -0.154. The summed E-state index contributed by atoms with van der Waals surface area (Å²) in [6, 6.07) is 0. The summed E-state index contributed by atoms with van der Waals surface area (Å²) in [5.41, 5.74) is 0. The number of carbonyl (C=O) groups is 2. The number of esters is 2. The Hall–Kier alpha value is -1.29. The molecule has 21 heavy (non-hydrogen) atoms. The van der Waals surface area contributed by atoms with Gasteiger partial charge in [0.25, 0.3) is 16.0 Å². The maximum absolute atomic E-state index is 12.4. The highest BCUT2D eigenvalue weighted by Crippen LogP contribution is 2.12. The average Bonchev–Trinajstić information content (AvgIpc) is 2.29. The van der Waals surface area contributed by atoms with Crippen LogP contribution in [0.1, 0.15) is 32.6 Å². The summed E-state index contributed by atoms with van der Waals surface area (Å²) in [6.45, 7) is -0.808. The van der Waals surface area contributed by atoms with Crippen LogP contribution in [0.3, 0.4) is 0 Å². The molecule has 0 aromatic heterocycles. The van der Waals surface area contributed by atoms with E-state index in [0.29, 0.717) is 6.92 Å². The van der Waals surface area contributed by atoms with Gasteiger partial charge in [0.15, 0.2) is 6.61 Å². The van der Waals surface area contributed by atoms with Crippen molar-refractivity contribution in [1.82, 2.24) is 0 Å². The quantitative estimate of drug-likeness (QED) is 0.363. The highest BCUT2D eigenvalue weighted by molar-refractivity contribution is 7.85. The summed E-state index contributed by atoms with van der Waals surface area (Å²) < 4.78 is 62.7. The number of hydrogen-bond acceptors (Lipinski definition) is 6. The van der Waals surface area contributed by atoms with Crippen molar-refractivity contribution >= 4 is 22.1 Å². The molecule has 0 fully saturated rings. The number of hydrogen-bond donors (Lipinski definition) is 1. The van der Waals surface area contributed by atoms with Gasteiger partial charge in [-0.1, -0.05) is 0 Å². The molecule has 0 aliphatic heterocycles. The van der Waals surface area contributed by atoms with Gasteiger partial charge in [-0.2, -0.15) is 8.42 Å². The van der Waals surface area contributed by atoms with Crippen LogP contribution < -0.4 is 0 Å². The van der Waals surface area contributed by atoms with E-state index in [1.807, 2.05) is 0 Å². The Balaban J connectivity index is 3.62. The third-order valence-corrected chi connectivity index (χ3v) is 2.79. The average molecular weight is 332 g/mol. The summed E-state index contributed by atoms with van der Waals surface area (Å²) >= 11 is 0. The monoisotopic (exact) mass is 332 g/mol. The van der Waals surface area contributed by atoms with Gasteiger partial charge in [0, 0.05) is 19.8 Å². The highest BCUT2D eigenvalue weighted by Gasteiger charge is 2.23. The largest absolute Gasteiger partial charge is 0.464 e. The summed E-state index contributed by atoms with van der Waals surface area (Å²) in [5, 5.41) is 0. The van der Waals surface area contributed by atoms with E-state index in [4.69, 9.17) is 4.55 Å². The molecule has 0 unspecified atom stereocenters. The van der Waals surface area contributed by atoms with E-state index < -0.39 is 46.9 Å². The maximum Gasteiger partial charge on any atom is 0.305 e. The second-order valence-corrected chi connectivity index (χ2v) is 6.02. The zero-order valence-electron chi connectivity index (χ0n) is 11.5. The highest BCUT2D eigenvalue weighted by atomic mass is 32.2. The van der Waals surface area contributed by atoms with Gasteiger partial charge >= 0.3 is 11.9 Å². The topological polar surface area (TPSA) is 107 Å². The van der Waals surface area contributed by atoms with Gasteiger partial charge in [-0.25, -0.2) is 8.78 Å². The first-order valence-electron chi connectivity index (χ1n) is 6.14. The minimum Gasteiger partial charge on any atom is -0.464 e. The zero-order chi connectivity index (χ0) is 16.5. The molecule has 7 nitrogen and oxygen atoms in total. The van der Waals surface area contributed by atoms with Crippen molar-refractivity contribution in [3.8, 4) is 0 Å². The van der Waals surface area contributed by atoms with Gasteiger partial charge < -0.3 is 9.47 Å². The summed E-state index contributed by atoms with van der Waals surface area (Å²) in [7, 11) is -4.17. The smallest absolute Gasteiger partial charge is 0.305 e. The lowest BCUT2D eigenvalue weighted by Crippen LogP contribution is -2.21. The molecular weight excluding hydrogens is 314 g/mol. The molecule has 0 aliphatic carbocycles. The molecule has 10 heteroatoms. The predicted molar refractivity (Wildman–Crippen MR) is 67.4 cm³/mol. The fourth-order valence-corrected chi connectivity index (χ4v) is 1.44. The Morgan fingerprint density at radius 1 is 1.10 bits per heavy atom. The van der Waals surface area contributed by atoms with Crippen LogP contribution in [0.4, 0.5) is 8.78 Å². The molecule has 1 N–H and O–H groups in total. The first-order chi connectivity index (χ1) is 9.49. The van der Waals surface area contributed by atoms with Gasteiger partial charge in [-0.15, -0.1) is 0 Å². The summed E-state index contributed by atoms with van der Waals surface area (Å²) in [5.74, 6) is -5.22. The minimum atomic E-state index is -4.17. The molecule has 0 heterocycles. The van der Waals surface area contributed by atoms with Gasteiger partial charge in [-0.3, -0.25) is 14.1 Å². The summed E-state index contributed by atoms with van der Waals surface area (Å²) in [6.07, 6.45) is 0.362. The van der Waals surface area contributed by atoms with Crippen LogP contribution in [0.2, 0.25) is 0 Å². The van der Waals surface area contributed by atoms with Crippen LogP contribution in [-0.4, -0.2) is 49.8 Å². The lowest BCUT2D eigenvalue weighted by Gasteiger charge is -2.10. The number of ether oxygens (including phenoxy) is 2. The standard InChI is InChI=1S/C11H18F2O7S/c1-11(12,13)8-20-10(15)5-3-2-4-9(14)19-6-7-21(16,17)18/h2-8H2,1H3,(H,16,17,18). The van der Waals surface area contributed by atoms with Crippen molar-refractivity contribution < 1.29 is 40.8 Å². The maximum atomic E-state index is 12.4. The number of carbonyl (C=O) groups excluding carboxylic acids is 2. The molecule has 124 valence electrons. The van der Waals surface area contributed by atoms with E-state index in [9.17, 15) is 26.8 Å². The predicted octanol–water partition coefficient (Wildman–Crippen LogP) is 1.18. The van der Waals surface area contributed by atoms with E-state index >= 15 is 0 Å².